The van der Waals surface area contributed by atoms with Crippen molar-refractivity contribution in [2.75, 3.05) is 11.9 Å². The van der Waals surface area contributed by atoms with Crippen LogP contribution in [0, 0.1) is 12.7 Å². The fraction of sp³-hybridized carbons (Fsp3) is 0.222. The number of halogens is 1. The molecule has 116 valence electrons. The lowest BCUT2D eigenvalue weighted by molar-refractivity contribution is 0.260. The Morgan fingerprint density at radius 2 is 1.87 bits per heavy atom. The van der Waals surface area contributed by atoms with Gasteiger partial charge < -0.3 is 10.1 Å². The standard InChI is InChI=1S/C18H16FN3O/c1-11-18(22-16-8-3-2-7-15(16)20-11)21-14-9-10-23-17-12(14)5-4-6-13(17)19/h2-8,14H,9-10H2,1H3,(H,21,22)/t14-/m0/s1. The van der Waals surface area contributed by atoms with E-state index in [0.717, 1.165) is 34.5 Å². The monoisotopic (exact) mass is 309 g/mol. The molecule has 3 aromatic rings. The molecule has 1 aromatic heterocycles. The molecule has 23 heavy (non-hydrogen) atoms. The molecule has 2 aromatic carbocycles. The molecule has 1 aliphatic rings. The fourth-order valence-electron chi connectivity index (χ4n) is 2.93. The minimum atomic E-state index is -0.324. The van der Waals surface area contributed by atoms with E-state index in [1.54, 1.807) is 6.07 Å². The Morgan fingerprint density at radius 1 is 1.09 bits per heavy atom. The molecule has 0 amide bonds. The van der Waals surface area contributed by atoms with Crippen molar-refractivity contribution in [1.82, 2.24) is 9.97 Å². The van der Waals surface area contributed by atoms with Crippen LogP contribution in [0.1, 0.15) is 23.7 Å². The second kappa shape index (κ2) is 5.50. The number of anilines is 1. The van der Waals surface area contributed by atoms with Crippen LogP contribution in [0.25, 0.3) is 11.0 Å². The van der Waals surface area contributed by atoms with Gasteiger partial charge in [0.25, 0.3) is 0 Å². The molecule has 4 nitrogen and oxygen atoms in total. The van der Waals surface area contributed by atoms with Crippen LogP contribution in [0.5, 0.6) is 5.75 Å². The van der Waals surface area contributed by atoms with Crippen molar-refractivity contribution in [3.8, 4) is 5.75 Å². The third kappa shape index (κ3) is 2.48. The van der Waals surface area contributed by atoms with E-state index < -0.39 is 0 Å². The molecule has 1 N–H and O–H groups in total. The molecular weight excluding hydrogens is 293 g/mol. The Balaban J connectivity index is 1.72. The lowest BCUT2D eigenvalue weighted by atomic mass is 10.00. The number of aryl methyl sites for hydroxylation is 1. The third-order valence-corrected chi connectivity index (χ3v) is 4.08. The summed E-state index contributed by atoms with van der Waals surface area (Å²) in [5.74, 6) is 0.740. The third-order valence-electron chi connectivity index (χ3n) is 4.08. The molecule has 0 fully saturated rings. The van der Waals surface area contributed by atoms with Crippen LogP contribution in [0.3, 0.4) is 0 Å². The molecule has 0 radical (unpaired) electrons. The van der Waals surface area contributed by atoms with Gasteiger partial charge >= 0.3 is 0 Å². The number of aromatic nitrogens is 2. The maximum Gasteiger partial charge on any atom is 0.165 e. The first kappa shape index (κ1) is 13.9. The Labute approximate surface area is 133 Å². The Hall–Kier alpha value is -2.69. The highest BCUT2D eigenvalue weighted by atomic mass is 19.1. The Morgan fingerprint density at radius 3 is 2.70 bits per heavy atom. The average Bonchev–Trinajstić information content (AvgIpc) is 2.56. The van der Waals surface area contributed by atoms with Gasteiger partial charge in [-0.3, -0.25) is 0 Å². The van der Waals surface area contributed by atoms with Crippen molar-refractivity contribution in [2.24, 2.45) is 0 Å². The van der Waals surface area contributed by atoms with E-state index in [-0.39, 0.29) is 11.9 Å². The molecule has 0 saturated carbocycles. The summed E-state index contributed by atoms with van der Waals surface area (Å²) >= 11 is 0. The molecule has 1 atom stereocenters. The summed E-state index contributed by atoms with van der Waals surface area (Å²) in [6, 6.07) is 12.7. The molecule has 0 spiro atoms. The normalized spacial score (nSPS) is 16.7. The zero-order valence-corrected chi connectivity index (χ0v) is 12.7. The highest BCUT2D eigenvalue weighted by Crippen LogP contribution is 2.36. The molecule has 0 bridgehead atoms. The summed E-state index contributed by atoms with van der Waals surface area (Å²) in [6.45, 7) is 2.40. The van der Waals surface area contributed by atoms with Gasteiger partial charge in [-0.1, -0.05) is 24.3 Å². The number of rotatable bonds is 2. The number of nitrogens with one attached hydrogen (secondary N) is 1. The van der Waals surface area contributed by atoms with Gasteiger partial charge in [0.05, 0.1) is 29.4 Å². The topological polar surface area (TPSA) is 47.0 Å². The highest BCUT2D eigenvalue weighted by Gasteiger charge is 2.24. The second-order valence-electron chi connectivity index (χ2n) is 5.64. The van der Waals surface area contributed by atoms with Crippen LogP contribution >= 0.6 is 0 Å². The minimum Gasteiger partial charge on any atom is -0.490 e. The average molecular weight is 309 g/mol. The van der Waals surface area contributed by atoms with Gasteiger partial charge in [0, 0.05) is 12.0 Å². The lowest BCUT2D eigenvalue weighted by Crippen LogP contribution is -2.22. The molecule has 2 heterocycles. The van der Waals surface area contributed by atoms with E-state index in [9.17, 15) is 4.39 Å². The zero-order chi connectivity index (χ0) is 15.8. The first-order valence-electron chi connectivity index (χ1n) is 7.63. The maximum absolute atomic E-state index is 13.9. The van der Waals surface area contributed by atoms with Gasteiger partial charge in [0.2, 0.25) is 0 Å². The SMILES string of the molecule is Cc1nc2ccccc2nc1N[C@H]1CCOc2c(F)cccc21. The summed E-state index contributed by atoms with van der Waals surface area (Å²) in [5, 5.41) is 3.40. The van der Waals surface area contributed by atoms with Crippen molar-refractivity contribution in [3.05, 3.63) is 59.5 Å². The number of fused-ring (bicyclic) bond motifs is 2. The van der Waals surface area contributed by atoms with Crippen LogP contribution < -0.4 is 10.1 Å². The number of para-hydroxylation sites is 3. The first-order valence-corrected chi connectivity index (χ1v) is 7.63. The number of benzene rings is 2. The predicted molar refractivity (Wildman–Crippen MR) is 87.2 cm³/mol. The van der Waals surface area contributed by atoms with Crippen molar-refractivity contribution in [2.45, 2.75) is 19.4 Å². The summed E-state index contributed by atoms with van der Waals surface area (Å²) < 4.78 is 19.4. The van der Waals surface area contributed by atoms with E-state index in [4.69, 9.17) is 4.74 Å². The van der Waals surface area contributed by atoms with Crippen LogP contribution in [-0.2, 0) is 0 Å². The Kier molecular flexibility index (Phi) is 3.33. The first-order chi connectivity index (χ1) is 11.2. The number of hydrogen-bond donors (Lipinski definition) is 1. The van der Waals surface area contributed by atoms with E-state index in [2.05, 4.69) is 15.3 Å². The predicted octanol–water partition coefficient (Wildman–Crippen LogP) is 4.01. The lowest BCUT2D eigenvalue weighted by Gasteiger charge is -2.27. The van der Waals surface area contributed by atoms with Crippen LogP contribution in [-0.4, -0.2) is 16.6 Å². The van der Waals surface area contributed by atoms with Gasteiger partial charge in [-0.15, -0.1) is 0 Å². The molecule has 4 rings (SSSR count). The van der Waals surface area contributed by atoms with Gasteiger partial charge in [-0.05, 0) is 25.1 Å². The Bertz CT molecular complexity index is 881. The van der Waals surface area contributed by atoms with Crippen molar-refractivity contribution >= 4 is 16.9 Å². The number of nitrogens with zero attached hydrogens (tertiary/aromatic N) is 2. The largest absolute Gasteiger partial charge is 0.490 e. The van der Waals surface area contributed by atoms with E-state index in [1.807, 2.05) is 37.3 Å². The number of ether oxygens (including phenoxy) is 1. The molecule has 5 heteroatoms. The summed E-state index contributed by atoms with van der Waals surface area (Å²) in [5.41, 5.74) is 3.36. The van der Waals surface area contributed by atoms with E-state index in [0.29, 0.717) is 12.4 Å². The minimum absolute atomic E-state index is 0.0383. The van der Waals surface area contributed by atoms with Crippen molar-refractivity contribution < 1.29 is 9.13 Å². The van der Waals surface area contributed by atoms with Crippen molar-refractivity contribution in [3.63, 3.8) is 0 Å². The molecule has 1 aliphatic heterocycles. The fourth-order valence-corrected chi connectivity index (χ4v) is 2.93. The number of hydrogen-bond acceptors (Lipinski definition) is 4. The molecular formula is C18H16FN3O. The highest BCUT2D eigenvalue weighted by molar-refractivity contribution is 5.76. The molecule has 0 unspecified atom stereocenters. The molecule has 0 saturated heterocycles. The van der Waals surface area contributed by atoms with E-state index in [1.165, 1.54) is 6.07 Å². The van der Waals surface area contributed by atoms with Crippen molar-refractivity contribution in [1.29, 1.82) is 0 Å². The quantitative estimate of drug-likeness (QED) is 0.777. The van der Waals surface area contributed by atoms with Gasteiger partial charge in [0.1, 0.15) is 5.82 Å². The smallest absolute Gasteiger partial charge is 0.165 e. The van der Waals surface area contributed by atoms with Crippen LogP contribution in [0.2, 0.25) is 0 Å². The molecule has 0 aliphatic carbocycles. The van der Waals surface area contributed by atoms with Gasteiger partial charge in [-0.25, -0.2) is 14.4 Å². The maximum atomic E-state index is 13.9. The summed E-state index contributed by atoms with van der Waals surface area (Å²) in [4.78, 5) is 9.24. The van der Waals surface area contributed by atoms with Crippen LogP contribution in [0.4, 0.5) is 10.2 Å². The summed E-state index contributed by atoms with van der Waals surface area (Å²) in [6.07, 6.45) is 0.754. The van der Waals surface area contributed by atoms with Crippen LogP contribution in [0.15, 0.2) is 42.5 Å². The zero-order valence-electron chi connectivity index (χ0n) is 12.7. The van der Waals surface area contributed by atoms with Gasteiger partial charge in [0.15, 0.2) is 11.6 Å². The van der Waals surface area contributed by atoms with Gasteiger partial charge in [-0.2, -0.15) is 0 Å². The van der Waals surface area contributed by atoms with E-state index >= 15 is 0 Å². The summed E-state index contributed by atoms with van der Waals surface area (Å²) in [7, 11) is 0. The second-order valence-corrected chi connectivity index (χ2v) is 5.64.